The van der Waals surface area contributed by atoms with Gasteiger partial charge in [-0.3, -0.25) is 0 Å². The Labute approximate surface area is 561 Å². The molecule has 86 heavy (non-hydrogen) atoms. The molecule has 0 aliphatic carbocycles. The summed E-state index contributed by atoms with van der Waals surface area (Å²) < 4.78 is 59.3. The van der Waals surface area contributed by atoms with Gasteiger partial charge in [-0.25, -0.2) is 0 Å². The summed E-state index contributed by atoms with van der Waals surface area (Å²) >= 11 is -6.54. The van der Waals surface area contributed by atoms with Gasteiger partial charge in [0.05, 0.1) is 0 Å². The van der Waals surface area contributed by atoms with Gasteiger partial charge in [0.1, 0.15) is 0 Å². The first kappa shape index (κ1) is 71.0. The van der Waals surface area contributed by atoms with Crippen LogP contribution in [0.5, 0.6) is 0 Å². The summed E-state index contributed by atoms with van der Waals surface area (Å²) in [6.07, 6.45) is -1.82. The van der Waals surface area contributed by atoms with Crippen LogP contribution in [0, 0.1) is 37.0 Å². The molecule has 8 heteroatoms. The van der Waals surface area contributed by atoms with E-state index in [0.29, 0.717) is 25.9 Å². The summed E-state index contributed by atoms with van der Waals surface area (Å²) in [6.45, 7) is 49.1. The van der Waals surface area contributed by atoms with E-state index in [-0.39, 0.29) is 36.8 Å². The second-order valence-corrected chi connectivity index (χ2v) is 59.1. The molecule has 0 saturated heterocycles. The Balaban J connectivity index is 0.000000154. The van der Waals surface area contributed by atoms with E-state index in [1.54, 1.807) is 69.3 Å². The molecule has 8 aromatic rings. The molecule has 3 aliphatic rings. The van der Waals surface area contributed by atoms with Crippen LogP contribution in [0.25, 0.3) is 25.1 Å². The molecule has 3 aliphatic heterocycles. The van der Waals surface area contributed by atoms with E-state index in [1.165, 1.54) is 27.3 Å². The van der Waals surface area contributed by atoms with Crippen LogP contribution in [0.2, 0.25) is 0 Å². The first-order valence-electron chi connectivity index (χ1n) is 30.3. The molecule has 0 amide bonds. The summed E-state index contributed by atoms with van der Waals surface area (Å²) in [5.41, 5.74) is 10.2. The number of hydrogen-bond acceptors (Lipinski definition) is 0. The second kappa shape index (κ2) is 29.0. The average molecular weight is 1970 g/mol. The Morgan fingerprint density at radius 3 is 1.36 bits per heavy atom. The second-order valence-electron chi connectivity index (χ2n) is 27.5. The topological polar surface area (TPSA) is 0 Å². The summed E-state index contributed by atoms with van der Waals surface area (Å²) in [6, 6.07) is 56.1. The van der Waals surface area contributed by atoms with E-state index in [2.05, 4.69) is 279 Å². The minimum absolute atomic E-state index is 0.112. The van der Waals surface area contributed by atoms with Crippen molar-refractivity contribution in [2.45, 2.75) is 170 Å². The van der Waals surface area contributed by atoms with Crippen molar-refractivity contribution in [3.63, 3.8) is 0 Å². The number of aryl methyl sites for hydroxylation is 2. The van der Waals surface area contributed by atoms with Crippen LogP contribution in [0.3, 0.4) is 0 Å². The molecule has 0 spiro atoms. The molecule has 11 rings (SSSR count). The predicted octanol–water partition coefficient (Wildman–Crippen LogP) is 19.4. The molecule has 6 aromatic carbocycles. The van der Waals surface area contributed by atoms with E-state index in [4.69, 9.17) is 0 Å². The maximum absolute atomic E-state index is 12.8. The zero-order valence-corrected chi connectivity index (χ0v) is 70.5. The fourth-order valence-electron chi connectivity index (χ4n) is 12.4. The summed E-state index contributed by atoms with van der Waals surface area (Å²) in [7, 11) is 0. The summed E-state index contributed by atoms with van der Waals surface area (Å²) in [5, 5.41) is 4.30. The Morgan fingerprint density at radius 1 is 0.442 bits per heavy atom. The maximum atomic E-state index is 12.8. The average Bonchev–Trinajstić information content (AvgIpc) is 1.75. The van der Waals surface area contributed by atoms with Gasteiger partial charge in [-0.1, -0.05) is 0 Å². The molecular weight excluding hydrogens is 1880 g/mol. The molecule has 0 N–H and O–H groups in total. The van der Waals surface area contributed by atoms with E-state index in [0.717, 1.165) is 3.58 Å². The molecule has 0 bridgehead atoms. The Bertz CT molecular complexity index is 3830. The number of rotatable bonds is 4. The quantitative estimate of drug-likeness (QED) is 0.154. The van der Waals surface area contributed by atoms with Gasteiger partial charge in [0, 0.05) is 0 Å². The Morgan fingerprint density at radius 2 is 0.895 bits per heavy atom. The Kier molecular flexibility index (Phi) is 23.9. The van der Waals surface area contributed by atoms with Crippen LogP contribution in [0.4, 0.5) is 13.2 Å². The van der Waals surface area contributed by atoms with Gasteiger partial charge >= 0.3 is 568 Å². The number of hydrogen-bond donors (Lipinski definition) is 0. The first-order valence-corrected chi connectivity index (χ1v) is 50.9. The van der Waals surface area contributed by atoms with Crippen molar-refractivity contribution >= 4 is 144 Å². The number of halogens is 3. The first-order chi connectivity index (χ1) is 40.0. The molecule has 0 fully saturated rings. The van der Waals surface area contributed by atoms with E-state index in [9.17, 15) is 13.2 Å². The molecule has 0 saturated carbocycles. The van der Waals surface area contributed by atoms with Crippen molar-refractivity contribution in [3.8, 4) is 0 Å². The van der Waals surface area contributed by atoms with Gasteiger partial charge in [-0.05, 0) is 0 Å². The van der Waals surface area contributed by atoms with Crippen LogP contribution in [-0.2, 0) is 11.6 Å². The monoisotopic (exact) mass is 1970 g/mol. The minimum atomic E-state index is -4.17. The predicted molar refractivity (Wildman–Crippen MR) is 379 cm³/mol. The molecule has 5 heterocycles. The van der Waals surface area contributed by atoms with Crippen molar-refractivity contribution in [1.29, 1.82) is 0 Å². The van der Waals surface area contributed by atoms with Crippen LogP contribution >= 0.6 is 0 Å². The third-order valence-electron chi connectivity index (χ3n) is 16.1. The van der Waals surface area contributed by atoms with Crippen molar-refractivity contribution in [2.24, 2.45) is 16.2 Å². The third kappa shape index (κ3) is 16.6. The van der Waals surface area contributed by atoms with Crippen molar-refractivity contribution in [3.05, 3.63) is 224 Å². The zero-order chi connectivity index (χ0) is 63.6. The molecule has 2 aromatic heterocycles. The van der Waals surface area contributed by atoms with E-state index in [1.807, 2.05) is 20.8 Å². The fraction of sp³-hybridized carbons (Fsp3) is 0.359. The molecule has 454 valence electrons. The number of benzene rings is 6. The van der Waals surface area contributed by atoms with Gasteiger partial charge < -0.3 is 0 Å². The number of allylic oxidation sites excluding steroid dienone is 9. The SMILES string of the molecule is CC1=[C](C(C)(C)C)[Bi]([c]2ccccc2)[CH]=C1.CC1=[C](C(C)(C)C)[Bi]([c]2ccccc2)[c]2ccccc21.CC1=[C](C)[Bi]([c]2ccccc2)[C](C(C)(C)C)=C1C.Cc1[te]c(C(C)(C)C)c(C)c1C(F)(F)F.Cc1c(C(C)C)[te]c2cc3ccccc3cc12. The van der Waals surface area contributed by atoms with Crippen LogP contribution in [0.1, 0.15) is 170 Å². The standard InChI is InChI=1S/C16H16Te.C13H16.C11H15F3Te.C11H18.C9H14.3C6H5.3Bi/c1-10(2)16-11(3)14-8-12-6-4-5-7-13(12)9-15(14)17-16;1-11(10-13(2,3)4)12-8-6-5-7-9-12;1-6-8(11(12,13)14)7(2)15-9(6)10(3,4)5;1-7-9(2)10(3)8-11(4,5)6;1-6-8(2)7-9(3,4)5;3*1-2-4-6-5-3-1;;;/h4-10H,1-3H3;5-8H,1-4H3;1-5H3;1-6H3;1,6H,2-5H3;3*1-5H;;;. The van der Waals surface area contributed by atoms with Crippen LogP contribution in [0.15, 0.2) is 191 Å². The van der Waals surface area contributed by atoms with Gasteiger partial charge in [0.15, 0.2) is 0 Å². The van der Waals surface area contributed by atoms with E-state index >= 15 is 0 Å². The third-order valence-corrected chi connectivity index (χ3v) is 61.0. The van der Waals surface area contributed by atoms with Crippen molar-refractivity contribution in [2.75, 3.05) is 0 Å². The van der Waals surface area contributed by atoms with Gasteiger partial charge in [0.25, 0.3) is 0 Å². The molecular formula is C78H94Bi3F3Te2. The molecule has 0 atom stereocenters. The number of fused-ring (bicyclic) bond motifs is 3. The van der Waals surface area contributed by atoms with E-state index < -0.39 is 91.9 Å². The van der Waals surface area contributed by atoms with Crippen molar-refractivity contribution in [1.82, 2.24) is 0 Å². The molecule has 0 nitrogen and oxygen atoms in total. The van der Waals surface area contributed by atoms with Crippen LogP contribution < -0.4 is 13.1 Å². The van der Waals surface area contributed by atoms with Gasteiger partial charge in [0.2, 0.25) is 0 Å². The normalized spacial score (nSPS) is 15.2. The molecule has 0 radical (unpaired) electrons. The van der Waals surface area contributed by atoms with Crippen LogP contribution in [-0.4, -0.2) is 106 Å². The van der Waals surface area contributed by atoms with Gasteiger partial charge in [-0.15, -0.1) is 0 Å². The Hall–Kier alpha value is -2.48. The molecule has 0 unspecified atom stereocenters. The van der Waals surface area contributed by atoms with Gasteiger partial charge in [-0.2, -0.15) is 0 Å². The summed E-state index contributed by atoms with van der Waals surface area (Å²) in [5.74, 6) is 0.716. The number of alkyl halides is 3. The summed E-state index contributed by atoms with van der Waals surface area (Å²) in [4.78, 5) is 0. The zero-order valence-electron chi connectivity index (χ0n) is 55.5. The van der Waals surface area contributed by atoms with Crippen molar-refractivity contribution < 1.29 is 13.2 Å². The fourth-order valence-corrected chi connectivity index (χ4v) is 53.9.